The minimum Gasteiger partial charge on any atom is -0.392 e. The number of nitrogens with one attached hydrogen (secondary N) is 1. The van der Waals surface area contributed by atoms with E-state index in [9.17, 15) is 0 Å². The number of rotatable bonds is 3. The van der Waals surface area contributed by atoms with E-state index in [1.54, 1.807) is 0 Å². The van der Waals surface area contributed by atoms with Crippen LogP contribution in [-0.4, -0.2) is 22.7 Å². The highest BCUT2D eigenvalue weighted by Gasteiger charge is 2.12. The molecule has 3 heteroatoms. The van der Waals surface area contributed by atoms with E-state index >= 15 is 0 Å². The minimum absolute atomic E-state index is 0.125. The third-order valence-corrected chi connectivity index (χ3v) is 3.88. The summed E-state index contributed by atoms with van der Waals surface area (Å²) in [4.78, 5) is 0. The quantitative estimate of drug-likeness (QED) is 0.825. The van der Waals surface area contributed by atoms with Gasteiger partial charge in [0.05, 0.1) is 6.61 Å². The first kappa shape index (κ1) is 10.8. The van der Waals surface area contributed by atoms with Gasteiger partial charge in [0.2, 0.25) is 0 Å². The van der Waals surface area contributed by atoms with Crippen molar-refractivity contribution in [3.63, 3.8) is 0 Å². The molecule has 1 unspecified atom stereocenters. The van der Waals surface area contributed by atoms with Crippen molar-refractivity contribution in [3.8, 4) is 0 Å². The number of thioether (sulfide) groups is 1. The van der Waals surface area contributed by atoms with Crippen LogP contribution in [0.5, 0.6) is 0 Å². The fraction of sp³-hybridized carbons (Fsp3) is 0.500. The number of aliphatic hydroxyl groups excluding tert-OH is 1. The molecule has 1 fully saturated rings. The molecular weight excluding hydrogens is 206 g/mol. The first-order valence-corrected chi connectivity index (χ1v) is 6.58. The Morgan fingerprint density at radius 2 is 2.13 bits per heavy atom. The Labute approximate surface area is 95.1 Å². The molecular formula is C12H17NOS. The Morgan fingerprint density at radius 3 is 2.73 bits per heavy atom. The van der Waals surface area contributed by atoms with Gasteiger partial charge in [-0.05, 0) is 36.3 Å². The highest BCUT2D eigenvalue weighted by molar-refractivity contribution is 7.99. The van der Waals surface area contributed by atoms with Crippen molar-refractivity contribution in [1.82, 2.24) is 0 Å². The van der Waals surface area contributed by atoms with Crippen molar-refractivity contribution >= 4 is 17.4 Å². The summed E-state index contributed by atoms with van der Waals surface area (Å²) in [5.41, 5.74) is 2.14. The third kappa shape index (κ3) is 3.14. The van der Waals surface area contributed by atoms with Crippen molar-refractivity contribution in [3.05, 3.63) is 29.8 Å². The van der Waals surface area contributed by atoms with Crippen molar-refractivity contribution in [2.45, 2.75) is 25.5 Å². The van der Waals surface area contributed by atoms with Crippen LogP contribution in [0.2, 0.25) is 0 Å². The molecule has 1 saturated heterocycles. The molecule has 1 aliphatic rings. The van der Waals surface area contributed by atoms with Crippen LogP contribution in [0.25, 0.3) is 0 Å². The van der Waals surface area contributed by atoms with Crippen molar-refractivity contribution < 1.29 is 5.11 Å². The van der Waals surface area contributed by atoms with Crippen LogP contribution in [0, 0.1) is 0 Å². The third-order valence-electron chi connectivity index (χ3n) is 2.67. The van der Waals surface area contributed by atoms with Crippen LogP contribution in [0.4, 0.5) is 5.69 Å². The average molecular weight is 223 g/mol. The Morgan fingerprint density at radius 1 is 1.33 bits per heavy atom. The van der Waals surface area contributed by atoms with Crippen molar-refractivity contribution in [2.24, 2.45) is 0 Å². The molecule has 1 aromatic rings. The number of anilines is 1. The largest absolute Gasteiger partial charge is 0.392 e. The summed E-state index contributed by atoms with van der Waals surface area (Å²) in [7, 11) is 0. The van der Waals surface area contributed by atoms with Gasteiger partial charge in [-0.1, -0.05) is 12.1 Å². The van der Waals surface area contributed by atoms with Crippen LogP contribution in [-0.2, 0) is 6.61 Å². The predicted octanol–water partition coefficient (Wildman–Crippen LogP) is 2.49. The number of hydrogen-bond donors (Lipinski definition) is 2. The monoisotopic (exact) mass is 223 g/mol. The molecule has 1 heterocycles. The van der Waals surface area contributed by atoms with Crippen LogP contribution >= 0.6 is 11.8 Å². The van der Waals surface area contributed by atoms with Crippen LogP contribution < -0.4 is 5.32 Å². The molecule has 2 nitrogen and oxygen atoms in total. The first-order chi connectivity index (χ1) is 7.38. The second kappa shape index (κ2) is 5.42. The molecule has 2 N–H and O–H groups in total. The molecule has 82 valence electrons. The second-order valence-corrected chi connectivity index (χ2v) is 5.06. The average Bonchev–Trinajstić information content (AvgIpc) is 2.31. The van der Waals surface area contributed by atoms with Crippen LogP contribution in [0.3, 0.4) is 0 Å². The molecule has 0 saturated carbocycles. The van der Waals surface area contributed by atoms with E-state index in [-0.39, 0.29) is 6.61 Å². The molecule has 1 aromatic carbocycles. The Balaban J connectivity index is 1.91. The van der Waals surface area contributed by atoms with E-state index in [1.807, 2.05) is 36.0 Å². The zero-order chi connectivity index (χ0) is 10.5. The predicted molar refractivity (Wildman–Crippen MR) is 66.3 cm³/mol. The Kier molecular flexibility index (Phi) is 3.92. The maximum absolute atomic E-state index is 8.93. The summed E-state index contributed by atoms with van der Waals surface area (Å²) in [6, 6.07) is 8.65. The zero-order valence-electron chi connectivity index (χ0n) is 8.78. The molecule has 0 radical (unpaired) electrons. The Bertz CT molecular complexity index is 293. The van der Waals surface area contributed by atoms with E-state index < -0.39 is 0 Å². The molecule has 15 heavy (non-hydrogen) atoms. The molecule has 1 aliphatic heterocycles. The summed E-state index contributed by atoms with van der Waals surface area (Å²) in [6.45, 7) is 0.125. The first-order valence-electron chi connectivity index (χ1n) is 5.42. The molecule has 1 atom stereocenters. The highest BCUT2D eigenvalue weighted by Crippen LogP contribution is 2.21. The van der Waals surface area contributed by atoms with Gasteiger partial charge in [-0.25, -0.2) is 0 Å². The molecule has 0 spiro atoms. The summed E-state index contributed by atoms with van der Waals surface area (Å²) in [5.74, 6) is 2.52. The van der Waals surface area contributed by atoms with Gasteiger partial charge in [0, 0.05) is 17.5 Å². The van der Waals surface area contributed by atoms with Crippen molar-refractivity contribution in [1.29, 1.82) is 0 Å². The summed E-state index contributed by atoms with van der Waals surface area (Å²) in [6.07, 6.45) is 2.59. The van der Waals surface area contributed by atoms with Gasteiger partial charge in [0.15, 0.2) is 0 Å². The molecule has 0 aromatic heterocycles. The van der Waals surface area contributed by atoms with E-state index in [0.29, 0.717) is 6.04 Å². The van der Waals surface area contributed by atoms with E-state index in [2.05, 4.69) is 5.32 Å². The minimum atomic E-state index is 0.125. The van der Waals surface area contributed by atoms with Gasteiger partial charge in [-0.2, -0.15) is 11.8 Å². The summed E-state index contributed by atoms with van der Waals surface area (Å²) >= 11 is 2.03. The van der Waals surface area contributed by atoms with E-state index in [0.717, 1.165) is 5.56 Å². The van der Waals surface area contributed by atoms with Gasteiger partial charge in [-0.3, -0.25) is 0 Å². The number of hydrogen-bond acceptors (Lipinski definition) is 3. The van der Waals surface area contributed by atoms with E-state index in [1.165, 1.54) is 30.0 Å². The lowest BCUT2D eigenvalue weighted by atomic mass is 10.1. The molecule has 0 amide bonds. The summed E-state index contributed by atoms with van der Waals surface area (Å²) < 4.78 is 0. The maximum atomic E-state index is 8.93. The zero-order valence-corrected chi connectivity index (χ0v) is 9.59. The lowest BCUT2D eigenvalue weighted by molar-refractivity contribution is 0.282. The van der Waals surface area contributed by atoms with E-state index in [4.69, 9.17) is 5.11 Å². The van der Waals surface area contributed by atoms with Gasteiger partial charge >= 0.3 is 0 Å². The van der Waals surface area contributed by atoms with Gasteiger partial charge in [-0.15, -0.1) is 0 Å². The smallest absolute Gasteiger partial charge is 0.0681 e. The molecule has 0 aliphatic carbocycles. The SMILES string of the molecule is OCc1ccc(NC2CCCSC2)cc1. The lowest BCUT2D eigenvalue weighted by Gasteiger charge is -2.23. The second-order valence-electron chi connectivity index (χ2n) is 3.91. The van der Waals surface area contributed by atoms with Crippen molar-refractivity contribution in [2.75, 3.05) is 16.8 Å². The Hall–Kier alpha value is -0.670. The van der Waals surface area contributed by atoms with Gasteiger partial charge in [0.1, 0.15) is 0 Å². The topological polar surface area (TPSA) is 32.3 Å². The van der Waals surface area contributed by atoms with Gasteiger partial charge < -0.3 is 10.4 Å². The standard InChI is InChI=1S/C12H17NOS/c14-8-10-3-5-11(6-4-10)13-12-2-1-7-15-9-12/h3-6,12-14H,1-2,7-9H2. The maximum Gasteiger partial charge on any atom is 0.0681 e. The van der Waals surface area contributed by atoms with Crippen LogP contribution in [0.15, 0.2) is 24.3 Å². The fourth-order valence-corrected chi connectivity index (χ4v) is 2.87. The highest BCUT2D eigenvalue weighted by atomic mass is 32.2. The molecule has 0 bridgehead atoms. The number of aliphatic hydroxyl groups is 1. The fourth-order valence-electron chi connectivity index (χ4n) is 1.80. The normalized spacial score (nSPS) is 21.3. The molecule has 2 rings (SSSR count). The summed E-state index contributed by atoms with van der Waals surface area (Å²) in [5, 5.41) is 12.5. The van der Waals surface area contributed by atoms with Gasteiger partial charge in [0.25, 0.3) is 0 Å². The lowest BCUT2D eigenvalue weighted by Crippen LogP contribution is -2.25. The number of benzene rings is 1. The van der Waals surface area contributed by atoms with Crippen LogP contribution in [0.1, 0.15) is 18.4 Å².